The number of aromatic hydroxyl groups is 1. The molecule has 1 N–H and O–H groups in total. The van der Waals surface area contributed by atoms with Gasteiger partial charge in [-0.15, -0.1) is 10.9 Å². The molecule has 274 valence electrons. The van der Waals surface area contributed by atoms with Gasteiger partial charge in [0.25, 0.3) is 0 Å². The van der Waals surface area contributed by atoms with Gasteiger partial charge in [-0.1, -0.05) is 129 Å². The van der Waals surface area contributed by atoms with Crippen LogP contribution >= 0.6 is 0 Å². The van der Waals surface area contributed by atoms with Crippen molar-refractivity contribution in [2.75, 3.05) is 0 Å². The number of fused-ring (bicyclic) bond motifs is 1. The van der Waals surface area contributed by atoms with Crippen molar-refractivity contribution in [1.29, 1.82) is 0 Å². The summed E-state index contributed by atoms with van der Waals surface area (Å²) in [4.78, 5) is 11.7. The number of aromatic nitrogens is 3. The Morgan fingerprint density at radius 1 is 0.788 bits per heavy atom. The Bertz CT molecular complexity index is 2180. The summed E-state index contributed by atoms with van der Waals surface area (Å²) < 4.78 is 4.11. The fourth-order valence-corrected chi connectivity index (χ4v) is 7.23. The van der Waals surface area contributed by atoms with Crippen LogP contribution in [0.5, 0.6) is 5.75 Å². The topological polar surface area (TPSA) is 57.2 Å². The molecule has 0 amide bonds. The van der Waals surface area contributed by atoms with Crippen molar-refractivity contribution in [1.82, 2.24) is 19.4 Å². The van der Waals surface area contributed by atoms with Gasteiger partial charge in [-0.3, -0.25) is 9.88 Å². The summed E-state index contributed by atoms with van der Waals surface area (Å²) in [5.74, 6) is 0.272. The van der Waals surface area contributed by atoms with Gasteiger partial charge in [0, 0.05) is 18.6 Å². The van der Waals surface area contributed by atoms with Crippen molar-refractivity contribution in [3.05, 3.63) is 108 Å². The Kier molecular flexibility index (Phi) is 10.1. The average Bonchev–Trinajstić information content (AvgIpc) is 3.44. The summed E-state index contributed by atoms with van der Waals surface area (Å²) >= 11 is 0. The van der Waals surface area contributed by atoms with Crippen LogP contribution in [0.4, 0.5) is 5.69 Å². The van der Waals surface area contributed by atoms with Gasteiger partial charge in [0.15, 0.2) is 5.66 Å². The second-order valence-electron chi connectivity index (χ2n) is 18.1. The molecule has 3 aromatic heterocycles. The van der Waals surface area contributed by atoms with Gasteiger partial charge in [0.1, 0.15) is 11.3 Å². The van der Waals surface area contributed by atoms with Crippen LogP contribution in [0, 0.1) is 6.20 Å². The minimum atomic E-state index is -0.674. The van der Waals surface area contributed by atoms with Gasteiger partial charge >= 0.3 is 21.1 Å². The van der Waals surface area contributed by atoms with Crippen LogP contribution in [0.15, 0.2) is 85.5 Å². The quantitative estimate of drug-likeness (QED) is 0.141. The predicted molar refractivity (Wildman–Crippen MR) is 211 cm³/mol. The number of hydrogen-bond donors (Lipinski definition) is 1. The molecule has 4 heterocycles. The van der Waals surface area contributed by atoms with E-state index in [-0.39, 0.29) is 43.1 Å². The molecule has 5 aromatic rings. The van der Waals surface area contributed by atoms with Crippen molar-refractivity contribution >= 4 is 22.9 Å². The molecule has 0 aliphatic carbocycles. The van der Waals surface area contributed by atoms with Crippen LogP contribution in [0.2, 0.25) is 0 Å². The van der Waals surface area contributed by atoms with Gasteiger partial charge < -0.3 is 19.2 Å². The summed E-state index contributed by atoms with van der Waals surface area (Å²) in [6.45, 7) is 28.5. The second kappa shape index (κ2) is 13.4. The molecule has 0 atom stereocenters. The van der Waals surface area contributed by atoms with Crippen molar-refractivity contribution in [3.63, 3.8) is 0 Å². The number of hydrogen-bond acceptors (Lipinski definition) is 4. The van der Waals surface area contributed by atoms with E-state index in [0.29, 0.717) is 5.69 Å². The molecule has 0 fully saturated rings. The maximum atomic E-state index is 11.8. The standard InChI is InChI=1S/C45H54N5O.Pt/c1-41(2,3)31-25-36(43(7,8)9)40(51)38(26-31)48-23-20-44(10,11)50(29-48)45(12,13)49-28-34(33-19-21-46-27-39(33)49)37-24-30(18-22-47-37)32-16-14-15-17-35(32)42(4,5)6;/h14-27,51H,1-13H3;/q-1;+2. The van der Waals surface area contributed by atoms with Gasteiger partial charge in [-0.05, 0) is 89.7 Å². The van der Waals surface area contributed by atoms with Crippen LogP contribution in [-0.2, 0) is 43.0 Å². The summed E-state index contributed by atoms with van der Waals surface area (Å²) in [5.41, 5.74) is 7.67. The Morgan fingerprint density at radius 3 is 2.12 bits per heavy atom. The zero-order valence-electron chi connectivity index (χ0n) is 33.1. The SMILES string of the molecule is CC(C)(C)c1cc([N+]2=[C-]N(C(C)(C)n3[c-]c(-c4cc(-c5ccccc5C(C)(C)C)ccn4)c4ccncc43)C(C)(C)C=C2)c(O)c(C(C)(C)C)c1.[Pt+2]. The van der Waals surface area contributed by atoms with E-state index in [0.717, 1.165) is 38.9 Å². The summed E-state index contributed by atoms with van der Waals surface area (Å²) in [7, 11) is 0. The normalized spacial score (nSPS) is 15.1. The largest absolute Gasteiger partial charge is 2.00 e. The first kappa shape index (κ1) is 39.2. The van der Waals surface area contributed by atoms with Crippen LogP contribution in [0.1, 0.15) is 107 Å². The maximum Gasteiger partial charge on any atom is 2.00 e. The summed E-state index contributed by atoms with van der Waals surface area (Å²) in [6.07, 6.45) is 17.3. The molecule has 0 bridgehead atoms. The number of nitrogens with zero attached hydrogens (tertiary/aromatic N) is 5. The Morgan fingerprint density at radius 2 is 1.46 bits per heavy atom. The molecular formula is C45H54N5OPt+. The second-order valence-corrected chi connectivity index (χ2v) is 18.1. The number of pyridine rings is 2. The van der Waals surface area contributed by atoms with E-state index in [1.807, 2.05) is 29.4 Å². The van der Waals surface area contributed by atoms with Crippen molar-refractivity contribution in [3.8, 4) is 28.1 Å². The van der Waals surface area contributed by atoms with Crippen LogP contribution in [0.3, 0.4) is 0 Å². The third-order valence-electron chi connectivity index (χ3n) is 10.1. The smallest absolute Gasteiger partial charge is 0.516 e. The fraction of sp³-hybridized carbons (Fsp3) is 0.400. The third-order valence-corrected chi connectivity index (χ3v) is 10.1. The third kappa shape index (κ3) is 7.16. The van der Waals surface area contributed by atoms with Gasteiger partial charge in [0.2, 0.25) is 6.34 Å². The number of phenols is 1. The first-order chi connectivity index (χ1) is 23.6. The molecule has 0 unspecified atom stereocenters. The van der Waals surface area contributed by atoms with E-state index in [9.17, 15) is 5.11 Å². The Labute approximate surface area is 325 Å². The van der Waals surface area contributed by atoms with E-state index in [1.165, 1.54) is 11.1 Å². The molecule has 6 rings (SSSR count). The van der Waals surface area contributed by atoms with E-state index in [1.54, 1.807) is 0 Å². The molecule has 6 nitrogen and oxygen atoms in total. The first-order valence-electron chi connectivity index (χ1n) is 18.0. The average molecular weight is 876 g/mol. The zero-order chi connectivity index (χ0) is 37.3. The van der Waals surface area contributed by atoms with Gasteiger partial charge in [-0.25, -0.2) is 0 Å². The van der Waals surface area contributed by atoms with Gasteiger partial charge in [-0.2, -0.15) is 0 Å². The van der Waals surface area contributed by atoms with E-state index in [4.69, 9.17) is 4.98 Å². The monoisotopic (exact) mass is 875 g/mol. The first-order valence-corrected chi connectivity index (χ1v) is 18.0. The molecule has 0 saturated carbocycles. The molecule has 52 heavy (non-hydrogen) atoms. The maximum absolute atomic E-state index is 11.8. The van der Waals surface area contributed by atoms with E-state index < -0.39 is 11.2 Å². The van der Waals surface area contributed by atoms with Gasteiger partial charge in [0.05, 0.1) is 5.69 Å². The molecule has 0 saturated heterocycles. The molecule has 7 heteroatoms. The minimum Gasteiger partial charge on any atom is -0.516 e. The van der Waals surface area contributed by atoms with Crippen molar-refractivity contribution < 1.29 is 30.7 Å². The number of benzene rings is 2. The molecule has 1 aliphatic rings. The van der Waals surface area contributed by atoms with E-state index in [2.05, 4.69) is 178 Å². The van der Waals surface area contributed by atoms with Crippen LogP contribution in [-0.4, -0.2) is 41.0 Å². The zero-order valence-corrected chi connectivity index (χ0v) is 35.4. The number of rotatable bonds is 5. The van der Waals surface area contributed by atoms with Crippen molar-refractivity contribution in [2.45, 2.75) is 117 Å². The molecule has 1 aliphatic heterocycles. The summed E-state index contributed by atoms with van der Waals surface area (Å²) in [5, 5.41) is 12.8. The molecule has 0 radical (unpaired) electrons. The van der Waals surface area contributed by atoms with Crippen LogP contribution < -0.4 is 0 Å². The Balaban J connectivity index is 0.00000523. The summed E-state index contributed by atoms with van der Waals surface area (Å²) in [6, 6.07) is 19.2. The minimum absolute atomic E-state index is 0. The van der Waals surface area contributed by atoms with E-state index >= 15 is 0 Å². The van der Waals surface area contributed by atoms with Crippen LogP contribution in [0.25, 0.3) is 33.3 Å². The molecular weight excluding hydrogens is 822 g/mol. The predicted octanol–water partition coefficient (Wildman–Crippen LogP) is 10.7. The Hall–Kier alpha value is -4.02. The van der Waals surface area contributed by atoms with Crippen molar-refractivity contribution in [2.24, 2.45) is 0 Å². The molecule has 2 aromatic carbocycles. The molecule has 0 spiro atoms. The fourth-order valence-electron chi connectivity index (χ4n) is 7.23. The number of phenolic OH excluding ortho intramolecular Hbond substituents is 1.